The molecule has 2 atom stereocenters. The second kappa shape index (κ2) is 5.10. The zero-order chi connectivity index (χ0) is 10.7. The fourth-order valence-electron chi connectivity index (χ4n) is 2.06. The van der Waals surface area contributed by atoms with Gasteiger partial charge in [-0.1, -0.05) is 20.8 Å². The van der Waals surface area contributed by atoms with Gasteiger partial charge >= 0.3 is 0 Å². The molecule has 0 aromatic rings. The molecule has 1 aliphatic rings. The normalized spacial score (nSPS) is 21.6. The summed E-state index contributed by atoms with van der Waals surface area (Å²) in [7, 11) is 0. The van der Waals surface area contributed by atoms with Gasteiger partial charge in [-0.15, -0.1) is 0 Å². The number of nitrogens with zero attached hydrogens (tertiary/aromatic N) is 1. The molecule has 0 radical (unpaired) electrons. The molecule has 1 rings (SSSR count). The molecular weight excluding hydrogens is 176 g/mol. The van der Waals surface area contributed by atoms with E-state index >= 15 is 0 Å². The summed E-state index contributed by atoms with van der Waals surface area (Å²) in [4.78, 5) is 2.37. The van der Waals surface area contributed by atoms with Crippen molar-refractivity contribution < 1.29 is 5.11 Å². The van der Waals surface area contributed by atoms with E-state index in [9.17, 15) is 5.11 Å². The van der Waals surface area contributed by atoms with Crippen molar-refractivity contribution in [3.05, 3.63) is 0 Å². The summed E-state index contributed by atoms with van der Waals surface area (Å²) < 4.78 is 0. The number of likely N-dealkylation sites (N-methyl/N-ethyl adjacent to an activating group) is 1. The van der Waals surface area contributed by atoms with Crippen LogP contribution in [0.5, 0.6) is 0 Å². The fraction of sp³-hybridized carbons (Fsp3) is 1.00. The average molecular weight is 200 g/mol. The largest absolute Gasteiger partial charge is 0.395 e. The fourth-order valence-corrected chi connectivity index (χ4v) is 2.06. The summed E-state index contributed by atoms with van der Waals surface area (Å²) in [5.41, 5.74) is 6.11. The number of aliphatic hydroxyl groups is 1. The van der Waals surface area contributed by atoms with E-state index in [1.807, 2.05) is 0 Å². The first kappa shape index (κ1) is 12.0. The van der Waals surface area contributed by atoms with Crippen LogP contribution in [0, 0.1) is 5.92 Å². The van der Waals surface area contributed by atoms with Gasteiger partial charge in [0.25, 0.3) is 0 Å². The maximum Gasteiger partial charge on any atom is 0.0602 e. The minimum atomic E-state index is 0.0838. The molecule has 0 aromatic heterocycles. The van der Waals surface area contributed by atoms with Gasteiger partial charge in [-0.2, -0.15) is 0 Å². The van der Waals surface area contributed by atoms with Crippen molar-refractivity contribution in [2.45, 2.75) is 51.7 Å². The molecule has 0 aliphatic heterocycles. The van der Waals surface area contributed by atoms with Crippen molar-refractivity contribution in [3.8, 4) is 0 Å². The van der Waals surface area contributed by atoms with Crippen molar-refractivity contribution in [1.29, 1.82) is 0 Å². The van der Waals surface area contributed by atoms with E-state index in [0.717, 1.165) is 6.54 Å². The summed E-state index contributed by atoms with van der Waals surface area (Å²) >= 11 is 0. The minimum Gasteiger partial charge on any atom is -0.395 e. The van der Waals surface area contributed by atoms with Crippen LogP contribution in [0.15, 0.2) is 0 Å². The molecule has 1 saturated carbocycles. The molecule has 3 nitrogen and oxygen atoms in total. The molecule has 0 aromatic carbocycles. The lowest BCUT2D eigenvalue weighted by Gasteiger charge is -2.35. The first-order chi connectivity index (χ1) is 6.61. The third-order valence-electron chi connectivity index (χ3n) is 3.21. The van der Waals surface area contributed by atoms with Gasteiger partial charge in [0.1, 0.15) is 0 Å². The van der Waals surface area contributed by atoms with Gasteiger partial charge in [0, 0.05) is 18.1 Å². The van der Waals surface area contributed by atoms with Crippen LogP contribution in [0.1, 0.15) is 33.6 Å². The maximum atomic E-state index is 9.40. The van der Waals surface area contributed by atoms with Crippen LogP contribution < -0.4 is 5.73 Å². The average Bonchev–Trinajstić information content (AvgIpc) is 2.96. The zero-order valence-corrected chi connectivity index (χ0v) is 9.61. The van der Waals surface area contributed by atoms with E-state index in [1.165, 1.54) is 12.8 Å². The summed E-state index contributed by atoms with van der Waals surface area (Å²) in [6.07, 6.45) is 2.55. The number of rotatable bonds is 6. The molecular formula is C11H24N2O. The highest BCUT2D eigenvalue weighted by Gasteiger charge is 2.35. The SMILES string of the molecule is CCN(C1CC1)C(CO)C(N)C(C)C. The molecule has 0 amide bonds. The monoisotopic (exact) mass is 200 g/mol. The lowest BCUT2D eigenvalue weighted by Crippen LogP contribution is -2.53. The van der Waals surface area contributed by atoms with Crippen LogP contribution in [0.4, 0.5) is 0 Å². The Kier molecular flexibility index (Phi) is 4.35. The maximum absolute atomic E-state index is 9.40. The number of hydrogen-bond donors (Lipinski definition) is 2. The van der Waals surface area contributed by atoms with E-state index in [2.05, 4.69) is 25.7 Å². The molecule has 1 aliphatic carbocycles. The number of nitrogens with two attached hydrogens (primary N) is 1. The third kappa shape index (κ3) is 2.69. The molecule has 84 valence electrons. The van der Waals surface area contributed by atoms with Crippen LogP contribution in [0.3, 0.4) is 0 Å². The van der Waals surface area contributed by atoms with Crippen LogP contribution in [-0.4, -0.2) is 41.3 Å². The predicted octanol–water partition coefficient (Wildman–Crippen LogP) is 0.815. The molecule has 0 bridgehead atoms. The molecule has 0 spiro atoms. The molecule has 2 unspecified atom stereocenters. The van der Waals surface area contributed by atoms with Crippen molar-refractivity contribution in [3.63, 3.8) is 0 Å². The van der Waals surface area contributed by atoms with Crippen molar-refractivity contribution >= 4 is 0 Å². The Bertz CT molecular complexity index is 169. The van der Waals surface area contributed by atoms with Crippen molar-refractivity contribution in [2.24, 2.45) is 11.7 Å². The van der Waals surface area contributed by atoms with Gasteiger partial charge in [-0.3, -0.25) is 4.90 Å². The molecule has 0 heterocycles. The quantitative estimate of drug-likeness (QED) is 0.667. The van der Waals surface area contributed by atoms with Crippen LogP contribution >= 0.6 is 0 Å². The Hall–Kier alpha value is -0.120. The van der Waals surface area contributed by atoms with Gasteiger partial charge in [-0.25, -0.2) is 0 Å². The highest BCUT2D eigenvalue weighted by Crippen LogP contribution is 2.29. The molecule has 0 saturated heterocycles. The Labute approximate surface area is 87.3 Å². The lowest BCUT2D eigenvalue weighted by atomic mass is 9.96. The minimum absolute atomic E-state index is 0.0838. The van der Waals surface area contributed by atoms with Crippen molar-refractivity contribution in [2.75, 3.05) is 13.2 Å². The van der Waals surface area contributed by atoms with Crippen LogP contribution in [0.25, 0.3) is 0 Å². The smallest absolute Gasteiger partial charge is 0.0602 e. The van der Waals surface area contributed by atoms with Gasteiger partial charge in [0.15, 0.2) is 0 Å². The summed E-state index contributed by atoms with van der Waals surface area (Å²) in [6, 6.07) is 0.912. The van der Waals surface area contributed by atoms with Gasteiger partial charge in [0.2, 0.25) is 0 Å². The topological polar surface area (TPSA) is 49.5 Å². The third-order valence-corrected chi connectivity index (χ3v) is 3.21. The molecule has 1 fully saturated rings. The molecule has 3 heteroatoms. The van der Waals surface area contributed by atoms with Crippen LogP contribution in [0.2, 0.25) is 0 Å². The second-order valence-electron chi connectivity index (χ2n) is 4.63. The lowest BCUT2D eigenvalue weighted by molar-refractivity contribution is 0.0895. The Balaban J connectivity index is 2.57. The predicted molar refractivity (Wildman–Crippen MR) is 59.1 cm³/mol. The van der Waals surface area contributed by atoms with E-state index in [-0.39, 0.29) is 18.7 Å². The Morgan fingerprint density at radius 3 is 2.29 bits per heavy atom. The summed E-state index contributed by atoms with van der Waals surface area (Å²) in [6.45, 7) is 7.57. The first-order valence-electron chi connectivity index (χ1n) is 5.74. The molecule has 14 heavy (non-hydrogen) atoms. The van der Waals surface area contributed by atoms with Gasteiger partial charge in [-0.05, 0) is 25.3 Å². The van der Waals surface area contributed by atoms with E-state index in [1.54, 1.807) is 0 Å². The number of aliphatic hydroxyl groups excluding tert-OH is 1. The number of hydrogen-bond acceptors (Lipinski definition) is 3. The summed E-state index contributed by atoms with van der Waals surface area (Å²) in [5.74, 6) is 0.431. The van der Waals surface area contributed by atoms with E-state index < -0.39 is 0 Å². The van der Waals surface area contributed by atoms with Crippen molar-refractivity contribution in [1.82, 2.24) is 4.90 Å². The molecule has 3 N–H and O–H groups in total. The highest BCUT2D eigenvalue weighted by atomic mass is 16.3. The summed E-state index contributed by atoms with van der Waals surface area (Å²) in [5, 5.41) is 9.40. The van der Waals surface area contributed by atoms with E-state index in [4.69, 9.17) is 5.73 Å². The van der Waals surface area contributed by atoms with Gasteiger partial charge in [0.05, 0.1) is 6.61 Å². The zero-order valence-electron chi connectivity index (χ0n) is 9.61. The van der Waals surface area contributed by atoms with E-state index in [0.29, 0.717) is 12.0 Å². The Morgan fingerprint density at radius 1 is 1.43 bits per heavy atom. The second-order valence-corrected chi connectivity index (χ2v) is 4.63. The highest BCUT2D eigenvalue weighted by molar-refractivity contribution is 4.92. The first-order valence-corrected chi connectivity index (χ1v) is 5.74. The van der Waals surface area contributed by atoms with Gasteiger partial charge < -0.3 is 10.8 Å². The van der Waals surface area contributed by atoms with Crippen LogP contribution in [-0.2, 0) is 0 Å². The standard InChI is InChI=1S/C11H24N2O/c1-4-13(9-5-6-9)10(7-14)11(12)8(2)3/h8-11,14H,4-7,12H2,1-3H3. The Morgan fingerprint density at radius 2 is 2.00 bits per heavy atom.